The highest BCUT2D eigenvalue weighted by atomic mass is 35.5. The second-order valence-electron chi connectivity index (χ2n) is 4.56. The Balaban J connectivity index is 2.31. The van der Waals surface area contributed by atoms with Crippen molar-refractivity contribution in [2.24, 2.45) is 0 Å². The number of alkyl halides is 1. The Morgan fingerprint density at radius 2 is 1.82 bits per heavy atom. The molecule has 0 fully saturated rings. The van der Waals surface area contributed by atoms with Gasteiger partial charge in [0.05, 0.1) is 18.7 Å². The number of halogens is 3. The van der Waals surface area contributed by atoms with Crippen molar-refractivity contribution in [3.05, 3.63) is 58.1 Å². The van der Waals surface area contributed by atoms with Gasteiger partial charge in [-0.1, -0.05) is 35.3 Å². The Kier molecular flexibility index (Phi) is 5.95. The lowest BCUT2D eigenvalue weighted by atomic mass is 10.2. The van der Waals surface area contributed by atoms with Gasteiger partial charge in [-0.2, -0.15) is 0 Å². The third kappa shape index (κ3) is 4.07. The molecule has 2 aromatic rings. The first-order chi connectivity index (χ1) is 10.5. The molecule has 0 aliphatic carbocycles. The Morgan fingerprint density at radius 3 is 2.36 bits per heavy atom. The van der Waals surface area contributed by atoms with Crippen molar-refractivity contribution in [1.29, 1.82) is 0 Å². The largest absolute Gasteiger partial charge is 0.495 e. The van der Waals surface area contributed by atoms with Crippen molar-refractivity contribution >= 4 is 46.4 Å². The fourth-order valence-electron chi connectivity index (χ4n) is 1.99. The zero-order chi connectivity index (χ0) is 16.1. The predicted octanol–water partition coefficient (Wildman–Crippen LogP) is 4.77. The van der Waals surface area contributed by atoms with Gasteiger partial charge in [-0.15, -0.1) is 11.6 Å². The van der Waals surface area contributed by atoms with E-state index < -0.39 is 0 Å². The van der Waals surface area contributed by atoms with Crippen LogP contribution in [0.3, 0.4) is 0 Å². The van der Waals surface area contributed by atoms with E-state index in [1.807, 2.05) is 12.1 Å². The highest BCUT2D eigenvalue weighted by Gasteiger charge is 2.16. The van der Waals surface area contributed by atoms with Crippen molar-refractivity contribution < 1.29 is 9.53 Å². The van der Waals surface area contributed by atoms with E-state index in [1.54, 1.807) is 35.2 Å². The van der Waals surface area contributed by atoms with Crippen LogP contribution in [0.15, 0.2) is 42.5 Å². The number of ether oxygens (including phenoxy) is 1. The van der Waals surface area contributed by atoms with Crippen LogP contribution in [0.25, 0.3) is 0 Å². The molecule has 0 N–H and O–H groups in total. The summed E-state index contributed by atoms with van der Waals surface area (Å²) in [6.45, 7) is 0.380. The fourth-order valence-corrected chi connectivity index (χ4v) is 2.51. The molecule has 116 valence electrons. The molecule has 0 aliphatic rings. The minimum Gasteiger partial charge on any atom is -0.495 e. The molecule has 0 saturated heterocycles. The van der Waals surface area contributed by atoms with Gasteiger partial charge in [0.2, 0.25) is 5.91 Å². The van der Waals surface area contributed by atoms with E-state index in [-0.39, 0.29) is 11.8 Å². The number of rotatable bonds is 5. The maximum Gasteiger partial charge on any atom is 0.242 e. The molecular formula is C16H14Cl3NO2. The summed E-state index contributed by atoms with van der Waals surface area (Å²) in [7, 11) is 1.54. The van der Waals surface area contributed by atoms with Gasteiger partial charge in [0.15, 0.2) is 0 Å². The molecule has 0 bridgehead atoms. The number of carbonyl (C=O) groups is 1. The van der Waals surface area contributed by atoms with E-state index >= 15 is 0 Å². The zero-order valence-corrected chi connectivity index (χ0v) is 14.1. The molecule has 1 amide bonds. The Labute approximate surface area is 144 Å². The quantitative estimate of drug-likeness (QED) is 0.720. The number of amides is 1. The molecule has 22 heavy (non-hydrogen) atoms. The summed E-state index contributed by atoms with van der Waals surface area (Å²) in [4.78, 5) is 13.7. The molecule has 2 aromatic carbocycles. The van der Waals surface area contributed by atoms with Gasteiger partial charge < -0.3 is 9.64 Å². The average Bonchev–Trinajstić information content (AvgIpc) is 2.53. The van der Waals surface area contributed by atoms with Crippen LogP contribution in [0, 0.1) is 0 Å². The SMILES string of the molecule is COc1ccc(N(Cc2ccc(Cl)cc2)C(=O)CCl)cc1Cl. The van der Waals surface area contributed by atoms with Crippen molar-refractivity contribution in [2.75, 3.05) is 17.9 Å². The number of benzene rings is 2. The maximum absolute atomic E-state index is 12.1. The minimum absolute atomic E-state index is 0.114. The molecular weight excluding hydrogens is 345 g/mol. The summed E-state index contributed by atoms with van der Waals surface area (Å²) >= 11 is 17.7. The van der Waals surface area contributed by atoms with Crippen LogP contribution in [-0.4, -0.2) is 18.9 Å². The van der Waals surface area contributed by atoms with Gasteiger partial charge in [0.1, 0.15) is 11.6 Å². The third-order valence-corrected chi connectivity index (χ3v) is 3.89. The summed E-state index contributed by atoms with van der Waals surface area (Å²) in [6.07, 6.45) is 0. The normalized spacial score (nSPS) is 10.4. The summed E-state index contributed by atoms with van der Waals surface area (Å²) in [6, 6.07) is 12.5. The van der Waals surface area contributed by atoms with E-state index in [1.165, 1.54) is 7.11 Å². The lowest BCUT2D eigenvalue weighted by Crippen LogP contribution is -2.31. The number of carbonyl (C=O) groups excluding carboxylic acids is 1. The van der Waals surface area contributed by atoms with Crippen molar-refractivity contribution in [1.82, 2.24) is 0 Å². The molecule has 6 heteroatoms. The second-order valence-corrected chi connectivity index (χ2v) is 5.67. The van der Waals surface area contributed by atoms with Crippen LogP contribution in [-0.2, 0) is 11.3 Å². The summed E-state index contributed by atoms with van der Waals surface area (Å²) in [5.41, 5.74) is 1.60. The molecule has 2 rings (SSSR count). The van der Waals surface area contributed by atoms with Crippen LogP contribution in [0.5, 0.6) is 5.75 Å². The highest BCUT2D eigenvalue weighted by molar-refractivity contribution is 6.32. The van der Waals surface area contributed by atoms with E-state index in [2.05, 4.69) is 0 Å². The number of nitrogens with zero attached hydrogens (tertiary/aromatic N) is 1. The van der Waals surface area contributed by atoms with Crippen LogP contribution in [0.1, 0.15) is 5.56 Å². The first-order valence-corrected chi connectivity index (χ1v) is 7.78. The molecule has 3 nitrogen and oxygen atoms in total. The number of hydrogen-bond donors (Lipinski definition) is 0. The maximum atomic E-state index is 12.1. The fraction of sp³-hybridized carbons (Fsp3) is 0.188. The average molecular weight is 359 g/mol. The number of hydrogen-bond acceptors (Lipinski definition) is 2. The van der Waals surface area contributed by atoms with E-state index in [0.29, 0.717) is 28.0 Å². The summed E-state index contributed by atoms with van der Waals surface area (Å²) in [5.74, 6) is 0.227. The molecule has 0 spiro atoms. The van der Waals surface area contributed by atoms with E-state index in [9.17, 15) is 4.79 Å². The van der Waals surface area contributed by atoms with Gasteiger partial charge >= 0.3 is 0 Å². The van der Waals surface area contributed by atoms with Gasteiger partial charge in [0.25, 0.3) is 0 Å². The first-order valence-electron chi connectivity index (χ1n) is 6.49. The second kappa shape index (κ2) is 7.73. The van der Waals surface area contributed by atoms with Crippen LogP contribution >= 0.6 is 34.8 Å². The molecule has 0 saturated carbocycles. The molecule has 0 aliphatic heterocycles. The van der Waals surface area contributed by atoms with E-state index in [0.717, 1.165) is 5.56 Å². The Bertz CT molecular complexity index is 659. The summed E-state index contributed by atoms with van der Waals surface area (Å²) < 4.78 is 5.12. The number of methoxy groups -OCH3 is 1. The first kappa shape index (κ1) is 16.9. The Morgan fingerprint density at radius 1 is 1.14 bits per heavy atom. The van der Waals surface area contributed by atoms with Crippen LogP contribution in [0.4, 0.5) is 5.69 Å². The van der Waals surface area contributed by atoms with Crippen molar-refractivity contribution in [2.45, 2.75) is 6.54 Å². The van der Waals surface area contributed by atoms with Gasteiger partial charge in [-0.3, -0.25) is 4.79 Å². The smallest absolute Gasteiger partial charge is 0.242 e. The third-order valence-electron chi connectivity index (χ3n) is 3.12. The predicted molar refractivity (Wildman–Crippen MR) is 91.4 cm³/mol. The van der Waals surface area contributed by atoms with Gasteiger partial charge in [0, 0.05) is 10.7 Å². The summed E-state index contributed by atoms with van der Waals surface area (Å²) in [5, 5.41) is 1.08. The monoisotopic (exact) mass is 357 g/mol. The van der Waals surface area contributed by atoms with Crippen molar-refractivity contribution in [3.63, 3.8) is 0 Å². The molecule has 0 radical (unpaired) electrons. The number of anilines is 1. The standard InChI is InChI=1S/C16H14Cl3NO2/c1-22-15-7-6-13(8-14(15)19)20(16(21)9-17)10-11-2-4-12(18)5-3-11/h2-8H,9-10H2,1H3. The van der Waals surface area contributed by atoms with Crippen molar-refractivity contribution in [3.8, 4) is 5.75 Å². The van der Waals surface area contributed by atoms with Gasteiger partial charge in [-0.05, 0) is 35.9 Å². The molecule has 0 heterocycles. The topological polar surface area (TPSA) is 29.5 Å². The van der Waals surface area contributed by atoms with Gasteiger partial charge in [-0.25, -0.2) is 0 Å². The Hall–Kier alpha value is -1.42. The molecule has 0 atom stereocenters. The van der Waals surface area contributed by atoms with E-state index in [4.69, 9.17) is 39.5 Å². The highest BCUT2D eigenvalue weighted by Crippen LogP contribution is 2.30. The minimum atomic E-state index is -0.210. The van der Waals surface area contributed by atoms with Crippen LogP contribution < -0.4 is 9.64 Å². The van der Waals surface area contributed by atoms with Crippen LogP contribution in [0.2, 0.25) is 10.0 Å². The molecule has 0 aromatic heterocycles. The molecule has 0 unspecified atom stereocenters. The lowest BCUT2D eigenvalue weighted by molar-refractivity contribution is -0.116. The zero-order valence-electron chi connectivity index (χ0n) is 11.9. The lowest BCUT2D eigenvalue weighted by Gasteiger charge is -2.23.